The first-order chi connectivity index (χ1) is 12.8. The molecule has 128 valence electrons. The molecule has 0 radical (unpaired) electrons. The molecule has 0 aliphatic rings. The predicted octanol–water partition coefficient (Wildman–Crippen LogP) is 3.53. The van der Waals surface area contributed by atoms with Crippen LogP contribution in [0.2, 0.25) is 0 Å². The van der Waals surface area contributed by atoms with E-state index in [9.17, 15) is 4.79 Å². The van der Waals surface area contributed by atoms with Gasteiger partial charge >= 0.3 is 0 Å². The summed E-state index contributed by atoms with van der Waals surface area (Å²) in [6, 6.07) is 13.4. The summed E-state index contributed by atoms with van der Waals surface area (Å²) in [6.07, 6.45) is 3.28. The average Bonchev–Trinajstić information content (AvgIpc) is 3.39. The highest BCUT2D eigenvalue weighted by Crippen LogP contribution is 2.22. The van der Waals surface area contributed by atoms with E-state index in [-0.39, 0.29) is 12.5 Å². The van der Waals surface area contributed by atoms with Gasteiger partial charge in [-0.25, -0.2) is 0 Å². The monoisotopic (exact) mass is 361 g/mol. The van der Waals surface area contributed by atoms with E-state index in [0.29, 0.717) is 5.69 Å². The molecule has 0 fully saturated rings. The van der Waals surface area contributed by atoms with E-state index in [0.717, 1.165) is 28.2 Å². The van der Waals surface area contributed by atoms with Gasteiger partial charge in [0.15, 0.2) is 0 Å². The fraction of sp³-hybridized carbons (Fsp3) is 0.0526. The lowest BCUT2D eigenvalue weighted by Gasteiger charge is -2.07. The number of hydrogen-bond acceptors (Lipinski definition) is 5. The Hall–Kier alpha value is -3.32. The third-order valence-electron chi connectivity index (χ3n) is 3.88. The number of nitrogens with zero attached hydrogens (tertiary/aromatic N) is 3. The van der Waals surface area contributed by atoms with Crippen LogP contribution in [0.1, 0.15) is 16.2 Å². The number of H-pyrrole nitrogens is 1. The lowest BCUT2D eigenvalue weighted by Crippen LogP contribution is -2.24. The van der Waals surface area contributed by atoms with Gasteiger partial charge in [-0.05, 0) is 17.5 Å². The smallest absolute Gasteiger partial charge is 0.269 e. The second-order valence-corrected chi connectivity index (χ2v) is 6.36. The van der Waals surface area contributed by atoms with Crippen LogP contribution >= 0.6 is 11.3 Å². The fourth-order valence-corrected chi connectivity index (χ4v) is 3.23. The largest absolute Gasteiger partial charge is 0.345 e. The first-order valence-electron chi connectivity index (χ1n) is 8.03. The molecule has 0 atom stereocenters. The minimum atomic E-state index is -0.235. The number of carbonyl (C=O) groups excluding carboxylic acids is 1. The summed E-state index contributed by atoms with van der Waals surface area (Å²) in [5, 5.41) is 13.9. The zero-order valence-corrected chi connectivity index (χ0v) is 14.5. The van der Waals surface area contributed by atoms with Crippen LogP contribution in [0.3, 0.4) is 0 Å². The van der Waals surface area contributed by atoms with Gasteiger partial charge in [-0.1, -0.05) is 30.3 Å². The lowest BCUT2D eigenvalue weighted by atomic mass is 10.1. The molecule has 1 amide bonds. The maximum Gasteiger partial charge on any atom is 0.269 e. The van der Waals surface area contributed by atoms with Crippen molar-refractivity contribution in [2.45, 2.75) is 6.54 Å². The van der Waals surface area contributed by atoms with Crippen molar-refractivity contribution in [3.05, 3.63) is 77.0 Å². The molecule has 4 aromatic rings. The number of hydrogen-bond donors (Lipinski definition) is 2. The Bertz CT molecular complexity index is 1010. The number of aromatic amines is 1. The van der Waals surface area contributed by atoms with Crippen molar-refractivity contribution >= 4 is 17.2 Å². The van der Waals surface area contributed by atoms with Crippen molar-refractivity contribution in [3.8, 4) is 22.5 Å². The molecule has 4 rings (SSSR count). The fourth-order valence-electron chi connectivity index (χ4n) is 2.59. The van der Waals surface area contributed by atoms with Crippen molar-refractivity contribution in [1.29, 1.82) is 0 Å². The van der Waals surface area contributed by atoms with Gasteiger partial charge in [0.25, 0.3) is 5.91 Å². The summed E-state index contributed by atoms with van der Waals surface area (Å²) in [7, 11) is 0. The molecule has 0 saturated heterocycles. The number of rotatable bonds is 5. The molecule has 2 N–H and O–H groups in total. The molecule has 26 heavy (non-hydrogen) atoms. The Labute approximate surface area is 154 Å². The molecule has 0 saturated carbocycles. The molecule has 1 aromatic carbocycles. The van der Waals surface area contributed by atoms with Crippen LogP contribution in [-0.4, -0.2) is 26.1 Å². The van der Waals surface area contributed by atoms with E-state index < -0.39 is 0 Å². The Morgan fingerprint density at radius 1 is 1.08 bits per heavy atom. The van der Waals surface area contributed by atoms with Crippen LogP contribution in [0, 0.1) is 0 Å². The second-order valence-electron chi connectivity index (χ2n) is 5.58. The third-order valence-corrected chi connectivity index (χ3v) is 4.56. The molecule has 0 spiro atoms. The van der Waals surface area contributed by atoms with Crippen LogP contribution in [0.5, 0.6) is 0 Å². The highest BCUT2D eigenvalue weighted by atomic mass is 32.1. The second kappa shape index (κ2) is 7.28. The summed E-state index contributed by atoms with van der Waals surface area (Å²) >= 11 is 1.60. The SMILES string of the molecule is O=C(NCc1nccnc1-c1ccsc1)c1cc(-c2ccccc2)n[nH]1. The van der Waals surface area contributed by atoms with Crippen LogP contribution < -0.4 is 5.32 Å². The first-order valence-corrected chi connectivity index (χ1v) is 8.97. The molecular weight excluding hydrogens is 346 g/mol. The van der Waals surface area contributed by atoms with E-state index in [1.165, 1.54) is 0 Å². The number of aromatic nitrogens is 4. The van der Waals surface area contributed by atoms with Crippen molar-refractivity contribution in [2.24, 2.45) is 0 Å². The summed E-state index contributed by atoms with van der Waals surface area (Å²) in [6.45, 7) is 0.289. The Balaban J connectivity index is 1.48. The third kappa shape index (κ3) is 3.38. The first kappa shape index (κ1) is 16.2. The lowest BCUT2D eigenvalue weighted by molar-refractivity contribution is 0.0945. The predicted molar refractivity (Wildman–Crippen MR) is 101 cm³/mol. The number of benzene rings is 1. The van der Waals surface area contributed by atoms with Gasteiger partial charge in [0.05, 0.1) is 23.6 Å². The summed E-state index contributed by atoms with van der Waals surface area (Å²) in [5.41, 5.74) is 4.60. The molecule has 0 aliphatic heterocycles. The molecule has 6 nitrogen and oxygen atoms in total. The van der Waals surface area contributed by atoms with E-state index in [2.05, 4.69) is 25.5 Å². The molecule has 3 heterocycles. The number of carbonyl (C=O) groups is 1. The summed E-state index contributed by atoms with van der Waals surface area (Å²) in [4.78, 5) is 21.2. The maximum absolute atomic E-state index is 12.4. The Morgan fingerprint density at radius 2 is 1.92 bits per heavy atom. The van der Waals surface area contributed by atoms with Crippen molar-refractivity contribution in [3.63, 3.8) is 0 Å². The molecule has 7 heteroatoms. The van der Waals surface area contributed by atoms with Gasteiger partial charge in [0.1, 0.15) is 5.69 Å². The van der Waals surface area contributed by atoms with E-state index in [4.69, 9.17) is 0 Å². The highest BCUT2D eigenvalue weighted by Gasteiger charge is 2.13. The summed E-state index contributed by atoms with van der Waals surface area (Å²) < 4.78 is 0. The molecule has 0 aliphatic carbocycles. The van der Waals surface area contributed by atoms with Crippen LogP contribution in [0.15, 0.2) is 65.6 Å². The Kier molecular flexibility index (Phi) is 4.53. The molecule has 3 aromatic heterocycles. The van der Waals surface area contributed by atoms with Crippen molar-refractivity contribution < 1.29 is 4.79 Å². The topological polar surface area (TPSA) is 83.6 Å². The van der Waals surface area contributed by atoms with Gasteiger partial charge in [0, 0.05) is 28.9 Å². The van der Waals surface area contributed by atoms with Gasteiger partial charge in [-0.3, -0.25) is 19.9 Å². The van der Waals surface area contributed by atoms with Gasteiger partial charge < -0.3 is 5.32 Å². The Morgan fingerprint density at radius 3 is 2.73 bits per heavy atom. The average molecular weight is 361 g/mol. The van der Waals surface area contributed by atoms with E-state index in [1.807, 2.05) is 47.2 Å². The van der Waals surface area contributed by atoms with Gasteiger partial charge in [0.2, 0.25) is 0 Å². The highest BCUT2D eigenvalue weighted by molar-refractivity contribution is 7.08. The van der Waals surface area contributed by atoms with Crippen LogP contribution in [-0.2, 0) is 6.54 Å². The van der Waals surface area contributed by atoms with Gasteiger partial charge in [-0.15, -0.1) is 0 Å². The minimum Gasteiger partial charge on any atom is -0.345 e. The van der Waals surface area contributed by atoms with Crippen LogP contribution in [0.25, 0.3) is 22.5 Å². The van der Waals surface area contributed by atoms with Crippen LogP contribution in [0.4, 0.5) is 0 Å². The standard InChI is InChI=1S/C19H15N5OS/c25-19(16-10-15(23-24-16)13-4-2-1-3-5-13)22-11-17-18(21-8-7-20-17)14-6-9-26-12-14/h1-10,12H,11H2,(H,22,25)(H,23,24). The van der Waals surface area contributed by atoms with Gasteiger partial charge in [-0.2, -0.15) is 16.4 Å². The number of amides is 1. The summed E-state index contributed by atoms with van der Waals surface area (Å²) in [5.74, 6) is -0.235. The zero-order valence-electron chi connectivity index (χ0n) is 13.7. The number of nitrogens with one attached hydrogen (secondary N) is 2. The molecular formula is C19H15N5OS. The normalized spacial score (nSPS) is 10.6. The molecule has 0 bridgehead atoms. The zero-order chi connectivity index (χ0) is 17.8. The maximum atomic E-state index is 12.4. The minimum absolute atomic E-state index is 0.235. The van der Waals surface area contributed by atoms with E-state index >= 15 is 0 Å². The van der Waals surface area contributed by atoms with Crippen molar-refractivity contribution in [1.82, 2.24) is 25.5 Å². The quantitative estimate of drug-likeness (QED) is 0.570. The van der Waals surface area contributed by atoms with E-state index in [1.54, 1.807) is 29.8 Å². The molecule has 0 unspecified atom stereocenters. The van der Waals surface area contributed by atoms with Crippen molar-refractivity contribution in [2.75, 3.05) is 0 Å². The number of thiophene rings is 1.